The topological polar surface area (TPSA) is 112 Å². The highest BCUT2D eigenvalue weighted by atomic mass is 35.5. The lowest BCUT2D eigenvalue weighted by molar-refractivity contribution is -0.186. The standard InChI is InChI=1S/C22H34ClF3N6O2/c23-17-2-1-13(7-16(17)22(24,25)26)18-29-8-14(9-30-20(34)21(12-27)3-4-21)19(31-18)32-6-5-28-10-15(32)11-33/h13-19,28-29,31,33H,1-11H2,(H,30,34). The second kappa shape index (κ2) is 10.4. The summed E-state index contributed by atoms with van der Waals surface area (Å²) in [5, 5.41) is 31.4. The number of halogens is 4. The van der Waals surface area contributed by atoms with E-state index in [2.05, 4.69) is 32.2 Å². The fraction of sp³-hybridized carbons (Fsp3) is 0.909. The van der Waals surface area contributed by atoms with Crippen LogP contribution in [-0.2, 0) is 4.79 Å². The van der Waals surface area contributed by atoms with Crippen LogP contribution in [0.3, 0.4) is 0 Å². The van der Waals surface area contributed by atoms with Gasteiger partial charge in [0.05, 0.1) is 30.9 Å². The number of aliphatic hydroxyl groups excluding tert-OH is 1. The zero-order valence-corrected chi connectivity index (χ0v) is 19.8. The predicted molar refractivity (Wildman–Crippen MR) is 119 cm³/mol. The predicted octanol–water partition coefficient (Wildman–Crippen LogP) is 0.720. The lowest BCUT2D eigenvalue weighted by Crippen LogP contribution is -2.71. The summed E-state index contributed by atoms with van der Waals surface area (Å²) in [7, 11) is 0. The molecule has 12 heteroatoms. The van der Waals surface area contributed by atoms with Gasteiger partial charge in [0.15, 0.2) is 0 Å². The van der Waals surface area contributed by atoms with Crippen LogP contribution in [0.25, 0.3) is 0 Å². The molecule has 4 rings (SSSR count). The Labute approximate surface area is 202 Å². The monoisotopic (exact) mass is 506 g/mol. The van der Waals surface area contributed by atoms with E-state index in [4.69, 9.17) is 11.6 Å². The average Bonchev–Trinajstić information content (AvgIpc) is 3.63. The Hall–Kier alpha value is -1.16. The number of alkyl halides is 4. The smallest absolute Gasteiger partial charge is 0.393 e. The van der Waals surface area contributed by atoms with Gasteiger partial charge in [0.25, 0.3) is 0 Å². The highest BCUT2D eigenvalue weighted by molar-refractivity contribution is 6.20. The van der Waals surface area contributed by atoms with Crippen molar-refractivity contribution >= 4 is 17.5 Å². The third-order valence-corrected chi connectivity index (χ3v) is 8.50. The maximum Gasteiger partial charge on any atom is 0.393 e. The molecule has 192 valence electrons. The number of nitriles is 1. The molecule has 5 N–H and O–H groups in total. The maximum absolute atomic E-state index is 13.5. The number of piperazine rings is 1. The molecule has 0 spiro atoms. The molecule has 0 aromatic heterocycles. The molecule has 7 atom stereocenters. The second-order valence-corrected chi connectivity index (χ2v) is 10.7. The summed E-state index contributed by atoms with van der Waals surface area (Å²) in [4.78, 5) is 14.7. The summed E-state index contributed by atoms with van der Waals surface area (Å²) < 4.78 is 40.6. The van der Waals surface area contributed by atoms with E-state index in [0.29, 0.717) is 51.9 Å². The number of aliphatic hydroxyl groups is 1. The van der Waals surface area contributed by atoms with Gasteiger partial charge in [-0.15, -0.1) is 11.6 Å². The minimum atomic E-state index is -4.33. The van der Waals surface area contributed by atoms with Crippen LogP contribution in [-0.4, -0.2) is 85.2 Å². The van der Waals surface area contributed by atoms with Crippen molar-refractivity contribution in [2.24, 2.45) is 23.2 Å². The Kier molecular flexibility index (Phi) is 7.96. The van der Waals surface area contributed by atoms with E-state index < -0.39 is 22.9 Å². The molecule has 0 aromatic carbocycles. The third-order valence-electron chi connectivity index (χ3n) is 7.98. The van der Waals surface area contributed by atoms with Crippen molar-refractivity contribution in [3.8, 4) is 6.07 Å². The van der Waals surface area contributed by atoms with Crippen molar-refractivity contribution in [2.75, 3.05) is 39.3 Å². The van der Waals surface area contributed by atoms with Gasteiger partial charge >= 0.3 is 6.18 Å². The first-order chi connectivity index (χ1) is 16.2. The summed E-state index contributed by atoms with van der Waals surface area (Å²) in [5.74, 6) is -2.10. The van der Waals surface area contributed by atoms with Crippen molar-refractivity contribution in [1.29, 1.82) is 5.26 Å². The van der Waals surface area contributed by atoms with Gasteiger partial charge in [-0.1, -0.05) is 0 Å². The van der Waals surface area contributed by atoms with Gasteiger partial charge in [0.1, 0.15) is 5.41 Å². The third kappa shape index (κ3) is 5.47. The van der Waals surface area contributed by atoms with Crippen LogP contribution in [0.15, 0.2) is 0 Å². The van der Waals surface area contributed by atoms with Gasteiger partial charge in [0, 0.05) is 50.1 Å². The van der Waals surface area contributed by atoms with Gasteiger partial charge < -0.3 is 21.1 Å². The van der Waals surface area contributed by atoms with Gasteiger partial charge in [0.2, 0.25) is 5.91 Å². The summed E-state index contributed by atoms with van der Waals surface area (Å²) in [6.45, 7) is 2.80. The zero-order chi connectivity index (χ0) is 24.5. The zero-order valence-electron chi connectivity index (χ0n) is 19.1. The molecule has 0 bridgehead atoms. The van der Waals surface area contributed by atoms with Crippen molar-refractivity contribution in [3.63, 3.8) is 0 Å². The molecule has 2 saturated carbocycles. The van der Waals surface area contributed by atoms with Crippen molar-refractivity contribution in [3.05, 3.63) is 0 Å². The Morgan fingerprint density at radius 2 is 2.06 bits per heavy atom. The van der Waals surface area contributed by atoms with Crippen molar-refractivity contribution in [2.45, 2.75) is 62.0 Å². The van der Waals surface area contributed by atoms with Gasteiger partial charge in [-0.05, 0) is 38.0 Å². The van der Waals surface area contributed by atoms with Crippen molar-refractivity contribution < 1.29 is 23.1 Å². The van der Waals surface area contributed by atoms with E-state index >= 15 is 0 Å². The molecule has 8 nitrogen and oxygen atoms in total. The summed E-state index contributed by atoms with van der Waals surface area (Å²) >= 11 is 6.04. The highest BCUT2D eigenvalue weighted by Crippen LogP contribution is 2.45. The first kappa shape index (κ1) is 25.9. The van der Waals surface area contributed by atoms with E-state index in [9.17, 15) is 28.3 Å². The van der Waals surface area contributed by atoms with E-state index in [0.717, 1.165) is 6.54 Å². The molecule has 7 unspecified atom stereocenters. The fourth-order valence-corrected chi connectivity index (χ4v) is 6.02. The average molecular weight is 507 g/mol. The lowest BCUT2D eigenvalue weighted by Gasteiger charge is -2.50. The quantitative estimate of drug-likeness (QED) is 0.337. The van der Waals surface area contributed by atoms with E-state index in [1.807, 2.05) is 0 Å². The van der Waals surface area contributed by atoms with Crippen molar-refractivity contribution in [1.82, 2.24) is 26.2 Å². The largest absolute Gasteiger partial charge is 0.395 e. The Bertz CT molecular complexity index is 777. The molecule has 2 heterocycles. The van der Waals surface area contributed by atoms with Crippen LogP contribution in [0.1, 0.15) is 32.1 Å². The molecule has 4 fully saturated rings. The van der Waals surface area contributed by atoms with Crippen LogP contribution in [0.4, 0.5) is 13.2 Å². The normalized spacial score (nSPS) is 38.6. The van der Waals surface area contributed by atoms with Crippen LogP contribution in [0.5, 0.6) is 0 Å². The molecule has 0 radical (unpaired) electrons. The van der Waals surface area contributed by atoms with E-state index in [1.165, 1.54) is 0 Å². The number of hydrogen-bond acceptors (Lipinski definition) is 7. The number of carbonyl (C=O) groups excluding carboxylic acids is 1. The Balaban J connectivity index is 1.46. The summed E-state index contributed by atoms with van der Waals surface area (Å²) in [5.41, 5.74) is -0.914. The first-order valence-corrected chi connectivity index (χ1v) is 12.6. The van der Waals surface area contributed by atoms with Gasteiger partial charge in [-0.25, -0.2) is 0 Å². The molecule has 4 aliphatic rings. The summed E-state index contributed by atoms with van der Waals surface area (Å²) in [6, 6.07) is 1.96. The van der Waals surface area contributed by atoms with E-state index in [-0.39, 0.29) is 49.1 Å². The molecule has 34 heavy (non-hydrogen) atoms. The van der Waals surface area contributed by atoms with E-state index in [1.54, 1.807) is 0 Å². The molecule has 2 saturated heterocycles. The minimum absolute atomic E-state index is 0.0356. The molecular formula is C22H34ClF3N6O2. The number of carbonyl (C=O) groups is 1. The van der Waals surface area contributed by atoms with Crippen LogP contribution >= 0.6 is 11.6 Å². The number of hydrogen-bond donors (Lipinski definition) is 5. The van der Waals surface area contributed by atoms with Crippen LogP contribution < -0.4 is 21.3 Å². The minimum Gasteiger partial charge on any atom is -0.395 e. The molecule has 0 aromatic rings. The summed E-state index contributed by atoms with van der Waals surface area (Å²) in [6.07, 6.45) is -2.89. The fourth-order valence-electron chi connectivity index (χ4n) is 5.65. The van der Waals surface area contributed by atoms with Crippen LogP contribution in [0.2, 0.25) is 0 Å². The lowest BCUT2D eigenvalue weighted by atomic mass is 9.78. The molecule has 2 aliphatic carbocycles. The van der Waals surface area contributed by atoms with Gasteiger partial charge in [-0.2, -0.15) is 18.4 Å². The Morgan fingerprint density at radius 1 is 1.29 bits per heavy atom. The first-order valence-electron chi connectivity index (χ1n) is 12.2. The number of amides is 1. The second-order valence-electron chi connectivity index (χ2n) is 10.2. The molecule has 1 amide bonds. The van der Waals surface area contributed by atoms with Gasteiger partial charge in [-0.3, -0.25) is 15.0 Å². The number of rotatable bonds is 6. The molecule has 2 aliphatic heterocycles. The SMILES string of the molecule is N#CC1(C(=O)NCC2CNC(C3CCC(Cl)C(C(F)(F)F)C3)NC2N2CCNCC2CO)CC1. The highest BCUT2D eigenvalue weighted by Gasteiger charge is 2.52. The number of nitrogens with zero attached hydrogens (tertiary/aromatic N) is 2. The van der Waals surface area contributed by atoms with Crippen LogP contribution in [0, 0.1) is 34.5 Å². The maximum atomic E-state index is 13.5. The Morgan fingerprint density at radius 3 is 2.71 bits per heavy atom. The molecular weight excluding hydrogens is 473 g/mol. The number of nitrogens with one attached hydrogen (secondary N) is 4.